The molecule has 128 valence electrons. The Morgan fingerprint density at radius 2 is 1.57 bits per heavy atom. The highest BCUT2D eigenvalue weighted by Crippen LogP contribution is 2.38. The van der Waals surface area contributed by atoms with Crippen LogP contribution in [0.1, 0.15) is 25.8 Å². The minimum Gasteiger partial charge on any atom is -0.493 e. The van der Waals surface area contributed by atoms with Crippen LogP contribution in [-0.2, 0) is 11.2 Å². The van der Waals surface area contributed by atoms with E-state index in [0.29, 0.717) is 35.5 Å². The Labute approximate surface area is 138 Å². The van der Waals surface area contributed by atoms with Gasteiger partial charge in [-0.05, 0) is 36.0 Å². The first-order valence-electron chi connectivity index (χ1n) is 8.05. The average molecular weight is 321 g/mol. The summed E-state index contributed by atoms with van der Waals surface area (Å²) in [5.41, 5.74) is 0.871. The molecule has 0 radical (unpaired) electrons. The molecule has 1 saturated heterocycles. The second kappa shape index (κ2) is 7.57. The van der Waals surface area contributed by atoms with E-state index >= 15 is 0 Å². The van der Waals surface area contributed by atoms with Crippen LogP contribution in [0, 0.1) is 11.8 Å². The number of benzene rings is 1. The molecule has 0 aliphatic carbocycles. The monoisotopic (exact) mass is 321 g/mol. The lowest BCUT2D eigenvalue weighted by molar-refractivity contribution is -0.133. The van der Waals surface area contributed by atoms with E-state index in [4.69, 9.17) is 14.2 Å². The van der Waals surface area contributed by atoms with Crippen molar-refractivity contribution in [1.29, 1.82) is 0 Å². The van der Waals surface area contributed by atoms with Gasteiger partial charge >= 0.3 is 0 Å². The number of hydrogen-bond acceptors (Lipinski definition) is 4. The largest absolute Gasteiger partial charge is 0.493 e. The van der Waals surface area contributed by atoms with E-state index in [0.717, 1.165) is 18.7 Å². The lowest BCUT2D eigenvalue weighted by Gasteiger charge is -2.35. The van der Waals surface area contributed by atoms with Crippen LogP contribution in [0.2, 0.25) is 0 Å². The SMILES string of the molecule is COc1cc(CC(=O)N2C[C@H](C)C[C@H](C)C2)cc(OC)c1OC. The van der Waals surface area contributed by atoms with E-state index in [2.05, 4.69) is 13.8 Å². The molecule has 2 rings (SSSR count). The molecule has 0 bridgehead atoms. The predicted octanol–water partition coefficient (Wildman–Crippen LogP) is 2.76. The van der Waals surface area contributed by atoms with E-state index in [9.17, 15) is 4.79 Å². The van der Waals surface area contributed by atoms with Crippen LogP contribution in [0.4, 0.5) is 0 Å². The number of piperidine rings is 1. The van der Waals surface area contributed by atoms with Crippen LogP contribution in [0.25, 0.3) is 0 Å². The van der Waals surface area contributed by atoms with Gasteiger partial charge in [0, 0.05) is 13.1 Å². The van der Waals surface area contributed by atoms with Gasteiger partial charge in [-0.25, -0.2) is 0 Å². The highest BCUT2D eigenvalue weighted by molar-refractivity contribution is 5.79. The van der Waals surface area contributed by atoms with Crippen LogP contribution in [-0.4, -0.2) is 45.2 Å². The predicted molar refractivity (Wildman–Crippen MR) is 89.3 cm³/mol. The number of rotatable bonds is 5. The number of ether oxygens (including phenoxy) is 3. The van der Waals surface area contributed by atoms with Gasteiger partial charge in [0.2, 0.25) is 11.7 Å². The zero-order valence-electron chi connectivity index (χ0n) is 14.7. The lowest BCUT2D eigenvalue weighted by Crippen LogP contribution is -2.43. The Hall–Kier alpha value is -1.91. The second-order valence-electron chi connectivity index (χ2n) is 6.46. The van der Waals surface area contributed by atoms with Crippen LogP contribution in [0.5, 0.6) is 17.2 Å². The number of carbonyl (C=O) groups is 1. The third kappa shape index (κ3) is 4.09. The molecule has 1 aliphatic rings. The molecule has 0 aromatic heterocycles. The molecule has 0 unspecified atom stereocenters. The summed E-state index contributed by atoms with van der Waals surface area (Å²) in [4.78, 5) is 14.6. The zero-order valence-corrected chi connectivity index (χ0v) is 14.7. The molecule has 2 atom stereocenters. The molecule has 5 nitrogen and oxygen atoms in total. The van der Waals surface area contributed by atoms with Crippen molar-refractivity contribution in [3.05, 3.63) is 17.7 Å². The summed E-state index contributed by atoms with van der Waals surface area (Å²) in [5.74, 6) is 2.97. The van der Waals surface area contributed by atoms with Crippen LogP contribution in [0.15, 0.2) is 12.1 Å². The molecule has 1 aromatic carbocycles. The number of nitrogens with zero attached hydrogens (tertiary/aromatic N) is 1. The molecular weight excluding hydrogens is 294 g/mol. The summed E-state index contributed by atoms with van der Waals surface area (Å²) in [6.45, 7) is 6.09. The normalized spacial score (nSPS) is 21.0. The molecule has 1 aliphatic heterocycles. The maximum absolute atomic E-state index is 12.6. The maximum Gasteiger partial charge on any atom is 0.227 e. The lowest BCUT2D eigenvalue weighted by atomic mass is 9.91. The molecular formula is C18H27NO4. The van der Waals surface area contributed by atoms with E-state index < -0.39 is 0 Å². The van der Waals surface area contributed by atoms with Crippen LogP contribution in [0.3, 0.4) is 0 Å². The van der Waals surface area contributed by atoms with Crippen molar-refractivity contribution in [3.8, 4) is 17.2 Å². The summed E-state index contributed by atoms with van der Waals surface area (Å²) < 4.78 is 16.0. The number of carbonyl (C=O) groups excluding carboxylic acids is 1. The summed E-state index contributed by atoms with van der Waals surface area (Å²) in [7, 11) is 4.73. The third-order valence-corrected chi connectivity index (χ3v) is 4.30. The number of hydrogen-bond donors (Lipinski definition) is 0. The molecule has 5 heteroatoms. The average Bonchev–Trinajstić information content (AvgIpc) is 2.52. The number of methoxy groups -OCH3 is 3. The molecule has 0 N–H and O–H groups in total. The fraction of sp³-hybridized carbons (Fsp3) is 0.611. The van der Waals surface area contributed by atoms with E-state index in [1.54, 1.807) is 21.3 Å². The minimum absolute atomic E-state index is 0.151. The van der Waals surface area contributed by atoms with Crippen molar-refractivity contribution < 1.29 is 19.0 Å². The first kappa shape index (κ1) is 17.4. The molecule has 0 saturated carbocycles. The van der Waals surface area contributed by atoms with E-state index in [-0.39, 0.29) is 5.91 Å². The topological polar surface area (TPSA) is 48.0 Å². The maximum atomic E-state index is 12.6. The fourth-order valence-corrected chi connectivity index (χ4v) is 3.39. The van der Waals surface area contributed by atoms with Gasteiger partial charge in [0.15, 0.2) is 11.5 Å². The van der Waals surface area contributed by atoms with Gasteiger partial charge in [0.25, 0.3) is 0 Å². The molecule has 1 heterocycles. The highest BCUT2D eigenvalue weighted by Gasteiger charge is 2.26. The Morgan fingerprint density at radius 1 is 1.04 bits per heavy atom. The van der Waals surface area contributed by atoms with E-state index in [1.165, 1.54) is 6.42 Å². The summed E-state index contributed by atoms with van der Waals surface area (Å²) in [5, 5.41) is 0. The first-order chi connectivity index (χ1) is 11.0. The zero-order chi connectivity index (χ0) is 17.0. The molecule has 1 aromatic rings. The molecule has 1 fully saturated rings. The highest BCUT2D eigenvalue weighted by atomic mass is 16.5. The smallest absolute Gasteiger partial charge is 0.227 e. The summed E-state index contributed by atoms with van der Waals surface area (Å²) in [6.07, 6.45) is 1.53. The molecule has 1 amide bonds. The third-order valence-electron chi connectivity index (χ3n) is 4.30. The van der Waals surface area contributed by atoms with Crippen LogP contribution < -0.4 is 14.2 Å². The van der Waals surface area contributed by atoms with Gasteiger partial charge in [0.05, 0.1) is 27.8 Å². The Balaban J connectivity index is 2.17. The number of amides is 1. The summed E-state index contributed by atoms with van der Waals surface area (Å²) >= 11 is 0. The standard InChI is InChI=1S/C18H27NO4/c1-12-6-13(2)11-19(10-12)17(20)9-14-7-15(21-3)18(23-5)16(8-14)22-4/h7-8,12-13H,6,9-11H2,1-5H3/t12-,13+. The van der Waals surface area contributed by atoms with E-state index in [1.807, 2.05) is 17.0 Å². The van der Waals surface area contributed by atoms with Crippen molar-refractivity contribution in [3.63, 3.8) is 0 Å². The van der Waals surface area contributed by atoms with Gasteiger partial charge < -0.3 is 19.1 Å². The fourth-order valence-electron chi connectivity index (χ4n) is 3.39. The van der Waals surface area contributed by atoms with Gasteiger partial charge in [-0.2, -0.15) is 0 Å². The Kier molecular flexibility index (Phi) is 5.74. The first-order valence-corrected chi connectivity index (χ1v) is 8.05. The van der Waals surface area contributed by atoms with Crippen molar-refractivity contribution in [1.82, 2.24) is 4.90 Å². The Morgan fingerprint density at radius 3 is 2.00 bits per heavy atom. The van der Waals surface area contributed by atoms with Gasteiger partial charge in [-0.15, -0.1) is 0 Å². The van der Waals surface area contributed by atoms with Crippen molar-refractivity contribution in [2.45, 2.75) is 26.7 Å². The molecule has 0 spiro atoms. The molecule has 23 heavy (non-hydrogen) atoms. The van der Waals surface area contributed by atoms with Crippen molar-refractivity contribution >= 4 is 5.91 Å². The van der Waals surface area contributed by atoms with Gasteiger partial charge in [0.1, 0.15) is 0 Å². The van der Waals surface area contributed by atoms with Gasteiger partial charge in [-0.3, -0.25) is 4.79 Å². The van der Waals surface area contributed by atoms with Crippen LogP contribution >= 0.6 is 0 Å². The minimum atomic E-state index is 0.151. The quantitative estimate of drug-likeness (QED) is 0.837. The number of likely N-dealkylation sites (tertiary alicyclic amines) is 1. The van der Waals surface area contributed by atoms with Gasteiger partial charge in [-0.1, -0.05) is 13.8 Å². The van der Waals surface area contributed by atoms with Crippen molar-refractivity contribution in [2.24, 2.45) is 11.8 Å². The van der Waals surface area contributed by atoms with Crippen molar-refractivity contribution in [2.75, 3.05) is 34.4 Å². The Bertz CT molecular complexity index is 523. The summed E-state index contributed by atoms with van der Waals surface area (Å²) in [6, 6.07) is 3.69. The second-order valence-corrected chi connectivity index (χ2v) is 6.46.